The van der Waals surface area contributed by atoms with Crippen molar-refractivity contribution in [2.24, 2.45) is 5.92 Å². The summed E-state index contributed by atoms with van der Waals surface area (Å²) >= 11 is 1.53. The van der Waals surface area contributed by atoms with Crippen LogP contribution in [0.2, 0.25) is 0 Å². The molecule has 1 aromatic carbocycles. The first-order valence-corrected chi connectivity index (χ1v) is 10.4. The summed E-state index contributed by atoms with van der Waals surface area (Å²) < 4.78 is 11.6. The predicted octanol–water partition coefficient (Wildman–Crippen LogP) is 4.08. The molecule has 1 aliphatic carbocycles. The number of ether oxygens (including phenoxy) is 1. The number of hydrogen-bond donors (Lipinski definition) is 1. The second-order valence-electron chi connectivity index (χ2n) is 7.57. The summed E-state index contributed by atoms with van der Waals surface area (Å²) in [4.78, 5) is 14.0. The number of nitrogens with one attached hydrogen (secondary N) is 1. The van der Waals surface area contributed by atoms with Crippen LogP contribution in [-0.4, -0.2) is 39.4 Å². The zero-order valence-electron chi connectivity index (χ0n) is 15.4. The van der Waals surface area contributed by atoms with Gasteiger partial charge >= 0.3 is 6.09 Å². The van der Waals surface area contributed by atoms with Gasteiger partial charge in [-0.1, -0.05) is 12.1 Å². The first-order chi connectivity index (χ1) is 13.7. The van der Waals surface area contributed by atoms with E-state index in [1.165, 1.54) is 21.6 Å². The highest BCUT2D eigenvalue weighted by atomic mass is 32.1. The number of benzene rings is 1. The predicted molar refractivity (Wildman–Crippen MR) is 109 cm³/mol. The van der Waals surface area contributed by atoms with E-state index in [0.29, 0.717) is 18.3 Å². The molecule has 3 aromatic rings. The molecule has 2 fully saturated rings. The van der Waals surface area contributed by atoms with Gasteiger partial charge in [0.25, 0.3) is 0 Å². The van der Waals surface area contributed by atoms with Crippen LogP contribution in [-0.2, 0) is 4.74 Å². The van der Waals surface area contributed by atoms with Gasteiger partial charge in [-0.05, 0) is 67.4 Å². The lowest BCUT2D eigenvalue weighted by atomic mass is 9.78. The van der Waals surface area contributed by atoms with Gasteiger partial charge in [0, 0.05) is 18.1 Å². The molecule has 1 saturated carbocycles. The normalized spacial score (nSPS) is 24.6. The Morgan fingerprint density at radius 2 is 2.07 bits per heavy atom. The van der Waals surface area contributed by atoms with Crippen LogP contribution in [0, 0.1) is 5.92 Å². The smallest absolute Gasteiger partial charge is 0.416 e. The maximum atomic E-state index is 12.4. The molecule has 0 unspecified atom stereocenters. The summed E-state index contributed by atoms with van der Waals surface area (Å²) in [6, 6.07) is 11.9. The molecule has 5 rings (SSSR count). The van der Waals surface area contributed by atoms with Crippen LogP contribution >= 0.6 is 11.5 Å². The van der Waals surface area contributed by atoms with Crippen molar-refractivity contribution in [3.63, 3.8) is 0 Å². The van der Waals surface area contributed by atoms with Crippen molar-refractivity contribution in [2.75, 3.05) is 23.3 Å². The molecule has 0 atom stereocenters. The summed E-state index contributed by atoms with van der Waals surface area (Å²) in [5.74, 6) is 2.08. The summed E-state index contributed by atoms with van der Waals surface area (Å²) in [6.45, 7) is 1.45. The summed E-state index contributed by atoms with van der Waals surface area (Å²) in [6.07, 6.45) is 5.09. The molecule has 8 heteroatoms. The van der Waals surface area contributed by atoms with E-state index < -0.39 is 5.60 Å². The fourth-order valence-electron chi connectivity index (χ4n) is 4.16. The van der Waals surface area contributed by atoms with Gasteiger partial charge in [-0.25, -0.2) is 4.79 Å². The van der Waals surface area contributed by atoms with Crippen molar-refractivity contribution >= 4 is 39.3 Å². The number of carbonyl (C=O) groups excluding carboxylic acids is 1. The molecule has 144 valence electrons. The van der Waals surface area contributed by atoms with E-state index in [2.05, 4.69) is 32.0 Å². The maximum absolute atomic E-state index is 12.4. The molecule has 1 spiro atoms. The van der Waals surface area contributed by atoms with Crippen molar-refractivity contribution in [3.8, 4) is 0 Å². The van der Waals surface area contributed by atoms with E-state index in [0.717, 1.165) is 38.0 Å². The summed E-state index contributed by atoms with van der Waals surface area (Å²) in [7, 11) is 0. The van der Waals surface area contributed by atoms with Crippen LogP contribution in [0.4, 0.5) is 16.4 Å². The van der Waals surface area contributed by atoms with Crippen molar-refractivity contribution in [1.82, 2.24) is 14.6 Å². The van der Waals surface area contributed by atoms with E-state index in [1.54, 1.807) is 23.2 Å². The largest absolute Gasteiger partial charge is 0.441 e. The van der Waals surface area contributed by atoms with Crippen LogP contribution in [0.5, 0.6) is 0 Å². The van der Waals surface area contributed by atoms with Crippen molar-refractivity contribution in [1.29, 1.82) is 0 Å². The Hall–Kier alpha value is -2.74. The van der Waals surface area contributed by atoms with Gasteiger partial charge in [-0.3, -0.25) is 4.90 Å². The molecule has 2 aliphatic rings. The van der Waals surface area contributed by atoms with Crippen molar-refractivity contribution < 1.29 is 9.53 Å². The van der Waals surface area contributed by atoms with E-state index >= 15 is 0 Å². The third kappa shape index (κ3) is 3.17. The Kier molecular flexibility index (Phi) is 4.35. The first-order valence-electron chi connectivity index (χ1n) is 9.59. The third-order valence-corrected chi connectivity index (χ3v) is 6.58. The molecule has 1 amide bonds. The third-order valence-electron chi connectivity index (χ3n) is 5.76. The number of hydrogen-bond acceptors (Lipinski definition) is 7. The van der Waals surface area contributed by atoms with E-state index in [9.17, 15) is 4.79 Å². The number of aromatic nitrogens is 3. The van der Waals surface area contributed by atoms with Gasteiger partial charge in [0.1, 0.15) is 11.4 Å². The molecule has 0 bridgehead atoms. The van der Waals surface area contributed by atoms with Gasteiger partial charge in [-0.15, -0.1) is 5.10 Å². The number of carbonyl (C=O) groups is 1. The summed E-state index contributed by atoms with van der Waals surface area (Å²) in [5, 5.41) is 12.6. The first kappa shape index (κ1) is 17.4. The fraction of sp³-hybridized carbons (Fsp3) is 0.400. The zero-order chi connectivity index (χ0) is 19.0. The van der Waals surface area contributed by atoms with Gasteiger partial charge < -0.3 is 10.1 Å². The lowest BCUT2D eigenvalue weighted by molar-refractivity contribution is 0.0148. The topological polar surface area (TPSA) is 80.2 Å². The van der Waals surface area contributed by atoms with Crippen molar-refractivity contribution in [2.45, 2.75) is 31.3 Å². The highest BCUT2D eigenvalue weighted by molar-refractivity contribution is 7.13. The number of nitrogens with zero attached hydrogens (tertiary/aromatic N) is 4. The Morgan fingerprint density at radius 3 is 2.89 bits per heavy atom. The lowest BCUT2D eigenvalue weighted by Gasteiger charge is -2.35. The Labute approximate surface area is 166 Å². The number of rotatable bonds is 4. The maximum Gasteiger partial charge on any atom is 0.416 e. The minimum Gasteiger partial charge on any atom is -0.441 e. The standard InChI is InChI=1S/C20H21N5O2S/c26-19-25(17-6-3-11-22-23-17)13-20(27-19)9-7-14(8-10-20)12-21-18-15-4-1-2-5-16(15)28-24-18/h1-6,11,14H,7-10,12-13H2,(H,21,24)/t14-,20-. The molecule has 1 saturated heterocycles. The van der Waals surface area contributed by atoms with Crippen LogP contribution in [0.15, 0.2) is 42.6 Å². The van der Waals surface area contributed by atoms with Crippen LogP contribution in [0.25, 0.3) is 10.1 Å². The quantitative estimate of drug-likeness (QED) is 0.717. The average Bonchev–Trinajstić information content (AvgIpc) is 3.29. The van der Waals surface area contributed by atoms with E-state index in [-0.39, 0.29) is 6.09 Å². The molecule has 3 heterocycles. The average molecular weight is 395 g/mol. The Morgan fingerprint density at radius 1 is 1.21 bits per heavy atom. The molecule has 0 radical (unpaired) electrons. The second kappa shape index (κ2) is 7.01. The van der Waals surface area contributed by atoms with Gasteiger partial charge in [0.2, 0.25) is 0 Å². The fourth-order valence-corrected chi connectivity index (χ4v) is 4.91. The number of anilines is 2. The molecular weight excluding hydrogens is 374 g/mol. The van der Waals surface area contributed by atoms with Gasteiger partial charge in [-0.2, -0.15) is 9.47 Å². The monoisotopic (exact) mass is 395 g/mol. The summed E-state index contributed by atoms with van der Waals surface area (Å²) in [5.41, 5.74) is -0.390. The molecule has 1 N–H and O–H groups in total. The molecule has 7 nitrogen and oxygen atoms in total. The SMILES string of the molecule is O=C1O[C@]2(CC[C@H](CNc3nsc4ccccc34)CC2)CN1c1cccnn1. The molecule has 1 aliphatic heterocycles. The highest BCUT2D eigenvalue weighted by Crippen LogP contribution is 2.40. The van der Waals surface area contributed by atoms with Crippen molar-refractivity contribution in [3.05, 3.63) is 42.6 Å². The Bertz CT molecular complexity index is 984. The molecule has 28 heavy (non-hydrogen) atoms. The van der Waals surface area contributed by atoms with Crippen LogP contribution < -0.4 is 10.2 Å². The van der Waals surface area contributed by atoms with Gasteiger partial charge in [0.05, 0.1) is 11.2 Å². The van der Waals surface area contributed by atoms with Crippen LogP contribution in [0.3, 0.4) is 0 Å². The minimum atomic E-state index is -0.390. The van der Waals surface area contributed by atoms with E-state index in [1.807, 2.05) is 12.1 Å². The Balaban J connectivity index is 1.19. The van der Waals surface area contributed by atoms with Gasteiger partial charge in [0.15, 0.2) is 5.82 Å². The molecule has 2 aromatic heterocycles. The minimum absolute atomic E-state index is 0.314. The molecular formula is C20H21N5O2S. The van der Waals surface area contributed by atoms with Crippen LogP contribution in [0.1, 0.15) is 25.7 Å². The lowest BCUT2D eigenvalue weighted by Crippen LogP contribution is -2.39. The number of fused-ring (bicyclic) bond motifs is 1. The zero-order valence-corrected chi connectivity index (χ0v) is 16.2. The van der Waals surface area contributed by atoms with E-state index in [4.69, 9.17) is 4.74 Å². The second-order valence-corrected chi connectivity index (χ2v) is 8.38. The number of amides is 1. The highest BCUT2D eigenvalue weighted by Gasteiger charge is 2.48.